The van der Waals surface area contributed by atoms with Crippen LogP contribution in [0.3, 0.4) is 0 Å². The van der Waals surface area contributed by atoms with Crippen LogP contribution in [0.15, 0.2) is 18.2 Å². The zero-order valence-electron chi connectivity index (χ0n) is 14.3. The predicted molar refractivity (Wildman–Crippen MR) is 91.8 cm³/mol. The Balaban J connectivity index is 2.14. The standard InChI is InChI=1S/C19H32N2/c1-5-20-19(18-11-10-15(2)13-16(18)3)14-21-12-8-6-7-9-17(21)4/h10-11,13,17,19-20H,5-9,12,14H2,1-4H3. The summed E-state index contributed by atoms with van der Waals surface area (Å²) in [5.74, 6) is 0. The van der Waals surface area contributed by atoms with Crippen molar-refractivity contribution < 1.29 is 0 Å². The Labute approximate surface area is 130 Å². The second-order valence-corrected chi connectivity index (χ2v) is 6.66. The molecule has 21 heavy (non-hydrogen) atoms. The van der Waals surface area contributed by atoms with E-state index in [1.807, 2.05) is 0 Å². The maximum atomic E-state index is 3.71. The summed E-state index contributed by atoms with van der Waals surface area (Å²) < 4.78 is 0. The molecule has 2 unspecified atom stereocenters. The average molecular weight is 288 g/mol. The molecule has 0 spiro atoms. The lowest BCUT2D eigenvalue weighted by atomic mass is 9.98. The van der Waals surface area contributed by atoms with Crippen molar-refractivity contribution in [1.29, 1.82) is 0 Å². The van der Waals surface area contributed by atoms with Gasteiger partial charge in [0.1, 0.15) is 0 Å². The summed E-state index contributed by atoms with van der Waals surface area (Å²) in [7, 11) is 0. The van der Waals surface area contributed by atoms with Crippen LogP contribution in [0.5, 0.6) is 0 Å². The van der Waals surface area contributed by atoms with Crippen LogP contribution in [0.2, 0.25) is 0 Å². The van der Waals surface area contributed by atoms with E-state index in [1.54, 1.807) is 0 Å². The van der Waals surface area contributed by atoms with Gasteiger partial charge in [-0.25, -0.2) is 0 Å². The Kier molecular flexibility index (Phi) is 6.25. The summed E-state index contributed by atoms with van der Waals surface area (Å²) in [4.78, 5) is 2.69. The minimum Gasteiger partial charge on any atom is -0.309 e. The van der Waals surface area contributed by atoms with Gasteiger partial charge in [0.2, 0.25) is 0 Å². The molecule has 1 aliphatic rings. The summed E-state index contributed by atoms with van der Waals surface area (Å²) in [6.45, 7) is 12.5. The molecule has 1 aromatic rings. The second kappa shape index (κ2) is 7.95. The molecule has 1 N–H and O–H groups in total. The fourth-order valence-electron chi connectivity index (χ4n) is 3.58. The number of likely N-dealkylation sites (N-methyl/N-ethyl adjacent to an activating group) is 1. The molecule has 0 aliphatic carbocycles. The highest BCUT2D eigenvalue weighted by Gasteiger charge is 2.22. The highest BCUT2D eigenvalue weighted by atomic mass is 15.2. The van der Waals surface area contributed by atoms with Gasteiger partial charge in [0.05, 0.1) is 0 Å². The highest BCUT2D eigenvalue weighted by molar-refractivity contribution is 5.33. The second-order valence-electron chi connectivity index (χ2n) is 6.66. The molecule has 0 radical (unpaired) electrons. The largest absolute Gasteiger partial charge is 0.309 e. The molecule has 2 nitrogen and oxygen atoms in total. The summed E-state index contributed by atoms with van der Waals surface area (Å²) >= 11 is 0. The Morgan fingerprint density at radius 1 is 1.24 bits per heavy atom. The fraction of sp³-hybridized carbons (Fsp3) is 0.684. The Morgan fingerprint density at radius 2 is 2.05 bits per heavy atom. The lowest BCUT2D eigenvalue weighted by Gasteiger charge is -2.32. The van der Waals surface area contributed by atoms with Crippen LogP contribution < -0.4 is 5.32 Å². The number of rotatable bonds is 5. The first kappa shape index (κ1) is 16.5. The van der Waals surface area contributed by atoms with Gasteiger partial charge >= 0.3 is 0 Å². The SMILES string of the molecule is CCNC(CN1CCCCCC1C)c1ccc(C)cc1C. The van der Waals surface area contributed by atoms with Gasteiger partial charge in [0.25, 0.3) is 0 Å². The van der Waals surface area contributed by atoms with Crippen LogP contribution >= 0.6 is 0 Å². The molecule has 118 valence electrons. The summed E-state index contributed by atoms with van der Waals surface area (Å²) in [6.07, 6.45) is 5.51. The van der Waals surface area contributed by atoms with Gasteiger partial charge in [-0.2, -0.15) is 0 Å². The molecule has 0 aromatic heterocycles. The van der Waals surface area contributed by atoms with Crippen LogP contribution in [0.25, 0.3) is 0 Å². The molecule has 0 amide bonds. The number of nitrogens with zero attached hydrogens (tertiary/aromatic N) is 1. The Morgan fingerprint density at radius 3 is 2.76 bits per heavy atom. The summed E-state index contributed by atoms with van der Waals surface area (Å²) in [6, 6.07) is 8.06. The van der Waals surface area contributed by atoms with E-state index < -0.39 is 0 Å². The van der Waals surface area contributed by atoms with E-state index in [4.69, 9.17) is 0 Å². The number of hydrogen-bond acceptors (Lipinski definition) is 2. The van der Waals surface area contributed by atoms with E-state index in [0.29, 0.717) is 6.04 Å². The molecule has 1 aromatic carbocycles. The minimum atomic E-state index is 0.455. The van der Waals surface area contributed by atoms with Crippen molar-refractivity contribution >= 4 is 0 Å². The lowest BCUT2D eigenvalue weighted by molar-refractivity contribution is 0.191. The third kappa shape index (κ3) is 4.55. The van der Waals surface area contributed by atoms with E-state index in [0.717, 1.165) is 19.1 Å². The van der Waals surface area contributed by atoms with Crippen molar-refractivity contribution in [3.63, 3.8) is 0 Å². The molecule has 1 aliphatic heterocycles. The average Bonchev–Trinajstić information content (AvgIpc) is 2.64. The van der Waals surface area contributed by atoms with E-state index in [-0.39, 0.29) is 0 Å². The van der Waals surface area contributed by atoms with Crippen molar-refractivity contribution in [2.24, 2.45) is 0 Å². The number of hydrogen-bond donors (Lipinski definition) is 1. The minimum absolute atomic E-state index is 0.455. The van der Waals surface area contributed by atoms with Crippen molar-refractivity contribution in [2.45, 2.75) is 65.5 Å². The lowest BCUT2D eigenvalue weighted by Crippen LogP contribution is -2.40. The van der Waals surface area contributed by atoms with Crippen LogP contribution in [-0.2, 0) is 0 Å². The Bertz CT molecular complexity index is 441. The van der Waals surface area contributed by atoms with Crippen molar-refractivity contribution in [2.75, 3.05) is 19.6 Å². The van der Waals surface area contributed by atoms with E-state index in [9.17, 15) is 0 Å². The summed E-state index contributed by atoms with van der Waals surface area (Å²) in [5, 5.41) is 3.71. The molecular weight excluding hydrogens is 256 g/mol. The normalized spacial score (nSPS) is 22.0. The zero-order valence-corrected chi connectivity index (χ0v) is 14.3. The van der Waals surface area contributed by atoms with Crippen LogP contribution in [0, 0.1) is 13.8 Å². The molecule has 0 bridgehead atoms. The van der Waals surface area contributed by atoms with Gasteiger partial charge in [0, 0.05) is 18.6 Å². The molecule has 1 heterocycles. The number of benzene rings is 1. The first-order valence-corrected chi connectivity index (χ1v) is 8.66. The van der Waals surface area contributed by atoms with E-state index >= 15 is 0 Å². The number of nitrogens with one attached hydrogen (secondary N) is 1. The van der Waals surface area contributed by atoms with Crippen molar-refractivity contribution in [3.8, 4) is 0 Å². The molecule has 2 heteroatoms. The van der Waals surface area contributed by atoms with Gasteiger partial charge in [-0.05, 0) is 57.8 Å². The monoisotopic (exact) mass is 288 g/mol. The first-order chi connectivity index (χ1) is 10.1. The molecule has 1 fully saturated rings. The molecular formula is C19H32N2. The van der Waals surface area contributed by atoms with E-state index in [2.05, 4.69) is 56.1 Å². The van der Waals surface area contributed by atoms with Gasteiger partial charge in [-0.15, -0.1) is 0 Å². The fourth-order valence-corrected chi connectivity index (χ4v) is 3.58. The molecule has 0 saturated carbocycles. The van der Waals surface area contributed by atoms with E-state index in [1.165, 1.54) is 48.9 Å². The molecule has 2 rings (SSSR count). The van der Waals surface area contributed by atoms with Gasteiger partial charge < -0.3 is 5.32 Å². The number of aryl methyl sites for hydroxylation is 2. The molecule has 1 saturated heterocycles. The topological polar surface area (TPSA) is 15.3 Å². The molecule has 2 atom stereocenters. The smallest absolute Gasteiger partial charge is 0.0451 e. The van der Waals surface area contributed by atoms with Crippen LogP contribution in [-0.4, -0.2) is 30.6 Å². The zero-order chi connectivity index (χ0) is 15.2. The Hall–Kier alpha value is -0.860. The van der Waals surface area contributed by atoms with Gasteiger partial charge in [-0.3, -0.25) is 4.90 Å². The van der Waals surface area contributed by atoms with Crippen molar-refractivity contribution in [1.82, 2.24) is 10.2 Å². The van der Waals surface area contributed by atoms with Gasteiger partial charge in [0.15, 0.2) is 0 Å². The maximum absolute atomic E-state index is 3.71. The number of likely N-dealkylation sites (tertiary alicyclic amines) is 1. The van der Waals surface area contributed by atoms with Crippen molar-refractivity contribution in [3.05, 3.63) is 34.9 Å². The van der Waals surface area contributed by atoms with Crippen LogP contribution in [0.1, 0.15) is 62.3 Å². The highest BCUT2D eigenvalue weighted by Crippen LogP contribution is 2.23. The van der Waals surface area contributed by atoms with Crippen LogP contribution in [0.4, 0.5) is 0 Å². The first-order valence-electron chi connectivity index (χ1n) is 8.66. The summed E-state index contributed by atoms with van der Waals surface area (Å²) in [5.41, 5.74) is 4.25. The van der Waals surface area contributed by atoms with Gasteiger partial charge in [-0.1, -0.05) is 43.5 Å². The quantitative estimate of drug-likeness (QED) is 0.872. The third-order valence-electron chi connectivity index (χ3n) is 4.86. The maximum Gasteiger partial charge on any atom is 0.0451 e. The predicted octanol–water partition coefficient (Wildman–Crippen LogP) is 4.22. The third-order valence-corrected chi connectivity index (χ3v) is 4.86.